The maximum absolute atomic E-state index is 13.2. The second kappa shape index (κ2) is 8.59. The van der Waals surface area contributed by atoms with Crippen LogP contribution in [-0.2, 0) is 4.74 Å². The lowest BCUT2D eigenvalue weighted by molar-refractivity contribution is 0.0563. The van der Waals surface area contributed by atoms with Gasteiger partial charge in [0.2, 0.25) is 0 Å². The van der Waals surface area contributed by atoms with Crippen molar-refractivity contribution in [3.63, 3.8) is 0 Å². The fraction of sp³-hybridized carbons (Fsp3) is 0.727. The Bertz CT molecular complexity index is 635. The van der Waals surface area contributed by atoms with Gasteiger partial charge in [0.1, 0.15) is 11.4 Å². The zero-order chi connectivity index (χ0) is 19.4. The normalized spacial score (nSPS) is 22.0. The van der Waals surface area contributed by atoms with E-state index < -0.39 is 5.60 Å². The fourth-order valence-corrected chi connectivity index (χ4v) is 4.47. The Morgan fingerprint density at radius 2 is 1.93 bits per heavy atom. The number of aromatic nitrogens is 1. The third-order valence-electron chi connectivity index (χ3n) is 5.70. The van der Waals surface area contributed by atoms with E-state index in [0.717, 1.165) is 51.0 Å². The van der Waals surface area contributed by atoms with Crippen molar-refractivity contribution >= 4 is 11.9 Å². The minimum atomic E-state index is -0.511. The molecule has 1 amide bonds. The Kier molecular flexibility index (Phi) is 6.40. The molecule has 1 aromatic heterocycles. The number of rotatable bonds is 4. The number of piperidine rings is 1. The van der Waals surface area contributed by atoms with E-state index in [1.807, 2.05) is 37.9 Å². The maximum Gasteiger partial charge on any atom is 0.416 e. The molecule has 2 aliphatic rings. The van der Waals surface area contributed by atoms with Gasteiger partial charge in [-0.15, -0.1) is 0 Å². The SMILES string of the molecule is CCN1CCCC[C@@H]1c1cccnc1N(C(=O)OC(C)(C)C)C1CCCC1. The number of carbonyl (C=O) groups is 1. The van der Waals surface area contributed by atoms with Gasteiger partial charge in [-0.05, 0) is 65.6 Å². The second-order valence-electron chi connectivity index (χ2n) is 8.85. The first-order chi connectivity index (χ1) is 12.9. The maximum atomic E-state index is 13.2. The van der Waals surface area contributed by atoms with Crippen molar-refractivity contribution < 1.29 is 9.53 Å². The summed E-state index contributed by atoms with van der Waals surface area (Å²) in [6, 6.07) is 4.68. The Balaban J connectivity index is 1.98. The van der Waals surface area contributed by atoms with Gasteiger partial charge in [0.05, 0.1) is 0 Å². The zero-order valence-corrected chi connectivity index (χ0v) is 17.4. The molecular weight excluding hydrogens is 338 g/mol. The van der Waals surface area contributed by atoms with Crippen molar-refractivity contribution in [1.82, 2.24) is 9.88 Å². The molecule has 1 atom stereocenters. The average molecular weight is 374 g/mol. The zero-order valence-electron chi connectivity index (χ0n) is 17.4. The molecular formula is C22H35N3O2. The number of pyridine rings is 1. The number of amides is 1. The molecule has 1 saturated carbocycles. The van der Waals surface area contributed by atoms with Gasteiger partial charge < -0.3 is 4.74 Å². The molecule has 1 aromatic rings. The molecule has 0 radical (unpaired) electrons. The molecule has 27 heavy (non-hydrogen) atoms. The first-order valence-electron chi connectivity index (χ1n) is 10.6. The van der Waals surface area contributed by atoms with E-state index in [-0.39, 0.29) is 12.1 Å². The highest BCUT2D eigenvalue weighted by Gasteiger charge is 2.36. The van der Waals surface area contributed by atoms with Crippen LogP contribution in [0.1, 0.15) is 84.2 Å². The van der Waals surface area contributed by atoms with E-state index in [9.17, 15) is 4.79 Å². The van der Waals surface area contributed by atoms with Gasteiger partial charge >= 0.3 is 6.09 Å². The largest absolute Gasteiger partial charge is 0.443 e. The summed E-state index contributed by atoms with van der Waals surface area (Å²) in [5.41, 5.74) is 0.667. The first-order valence-corrected chi connectivity index (χ1v) is 10.6. The van der Waals surface area contributed by atoms with Gasteiger partial charge in [-0.3, -0.25) is 9.80 Å². The lowest BCUT2D eigenvalue weighted by Gasteiger charge is -2.38. The number of hydrogen-bond donors (Lipinski definition) is 0. The summed E-state index contributed by atoms with van der Waals surface area (Å²) in [6.07, 6.45) is 9.53. The lowest BCUT2D eigenvalue weighted by Crippen LogP contribution is -2.44. The van der Waals surface area contributed by atoms with Gasteiger partial charge in [0, 0.05) is 23.8 Å². The van der Waals surface area contributed by atoms with Crippen LogP contribution in [0.3, 0.4) is 0 Å². The summed E-state index contributed by atoms with van der Waals surface area (Å²) in [5, 5.41) is 0. The van der Waals surface area contributed by atoms with Gasteiger partial charge in [-0.25, -0.2) is 9.78 Å². The smallest absolute Gasteiger partial charge is 0.416 e. The standard InChI is InChI=1S/C22H35N3O2/c1-5-24-16-9-8-14-19(24)18-13-10-15-23-20(18)25(17-11-6-7-12-17)21(26)27-22(2,3)4/h10,13,15,17,19H,5-9,11-12,14,16H2,1-4H3/t19-/m1/s1. The molecule has 0 N–H and O–H groups in total. The summed E-state index contributed by atoms with van der Waals surface area (Å²) in [7, 11) is 0. The quantitative estimate of drug-likeness (QED) is 0.717. The van der Waals surface area contributed by atoms with E-state index in [1.54, 1.807) is 0 Å². The number of carbonyl (C=O) groups excluding carboxylic acids is 1. The van der Waals surface area contributed by atoms with Crippen LogP contribution in [0, 0.1) is 0 Å². The van der Waals surface area contributed by atoms with Gasteiger partial charge in [0.15, 0.2) is 0 Å². The van der Waals surface area contributed by atoms with Crippen LogP contribution in [0.25, 0.3) is 0 Å². The van der Waals surface area contributed by atoms with Gasteiger partial charge in [0.25, 0.3) is 0 Å². The highest BCUT2D eigenvalue weighted by molar-refractivity contribution is 5.88. The Labute approximate surface area is 164 Å². The minimum absolute atomic E-state index is 0.187. The number of anilines is 1. The molecule has 0 spiro atoms. The number of nitrogens with zero attached hydrogens (tertiary/aromatic N) is 3. The van der Waals surface area contributed by atoms with Crippen LogP contribution in [0.5, 0.6) is 0 Å². The Morgan fingerprint density at radius 3 is 2.59 bits per heavy atom. The molecule has 1 aliphatic heterocycles. The highest BCUT2D eigenvalue weighted by atomic mass is 16.6. The summed E-state index contributed by atoms with van der Waals surface area (Å²) in [6.45, 7) is 10.1. The van der Waals surface area contributed by atoms with E-state index in [4.69, 9.17) is 9.72 Å². The molecule has 150 valence electrons. The van der Waals surface area contributed by atoms with Crippen LogP contribution in [-0.4, -0.2) is 40.7 Å². The van der Waals surface area contributed by atoms with Gasteiger partial charge in [-0.2, -0.15) is 0 Å². The Morgan fingerprint density at radius 1 is 1.22 bits per heavy atom. The van der Waals surface area contributed by atoms with Crippen LogP contribution >= 0.6 is 0 Å². The Hall–Kier alpha value is -1.62. The van der Waals surface area contributed by atoms with Crippen LogP contribution in [0.4, 0.5) is 10.6 Å². The monoisotopic (exact) mass is 373 g/mol. The summed E-state index contributed by atoms with van der Waals surface area (Å²) in [4.78, 5) is 22.3. The lowest BCUT2D eigenvalue weighted by atomic mass is 9.95. The molecule has 2 fully saturated rings. The molecule has 1 aliphatic carbocycles. The van der Waals surface area contributed by atoms with Crippen molar-refractivity contribution in [3.8, 4) is 0 Å². The van der Waals surface area contributed by atoms with E-state index in [2.05, 4.69) is 17.9 Å². The van der Waals surface area contributed by atoms with Crippen molar-refractivity contribution in [2.45, 2.75) is 90.3 Å². The molecule has 5 nitrogen and oxygen atoms in total. The molecule has 2 heterocycles. The number of likely N-dealkylation sites (tertiary alicyclic amines) is 1. The van der Waals surface area contributed by atoms with Crippen molar-refractivity contribution in [2.75, 3.05) is 18.0 Å². The van der Waals surface area contributed by atoms with Crippen LogP contribution in [0.2, 0.25) is 0 Å². The summed E-state index contributed by atoms with van der Waals surface area (Å²) >= 11 is 0. The molecule has 3 rings (SSSR count). The highest BCUT2D eigenvalue weighted by Crippen LogP contribution is 2.38. The summed E-state index contributed by atoms with van der Waals surface area (Å²) < 4.78 is 5.80. The first kappa shape index (κ1) is 20.1. The molecule has 0 bridgehead atoms. The van der Waals surface area contributed by atoms with E-state index >= 15 is 0 Å². The fourth-order valence-electron chi connectivity index (χ4n) is 4.47. The molecule has 5 heteroatoms. The number of hydrogen-bond acceptors (Lipinski definition) is 4. The third-order valence-corrected chi connectivity index (χ3v) is 5.70. The van der Waals surface area contributed by atoms with Crippen molar-refractivity contribution in [2.24, 2.45) is 0 Å². The van der Waals surface area contributed by atoms with Crippen LogP contribution < -0.4 is 4.90 Å². The van der Waals surface area contributed by atoms with Crippen molar-refractivity contribution in [1.29, 1.82) is 0 Å². The van der Waals surface area contributed by atoms with E-state index in [1.165, 1.54) is 18.4 Å². The van der Waals surface area contributed by atoms with Crippen molar-refractivity contribution in [3.05, 3.63) is 23.9 Å². The van der Waals surface area contributed by atoms with Crippen LogP contribution in [0.15, 0.2) is 18.3 Å². The third kappa shape index (κ3) is 4.81. The van der Waals surface area contributed by atoms with Gasteiger partial charge in [-0.1, -0.05) is 32.3 Å². The molecule has 0 unspecified atom stereocenters. The second-order valence-corrected chi connectivity index (χ2v) is 8.85. The van der Waals surface area contributed by atoms with E-state index in [0.29, 0.717) is 6.04 Å². The molecule has 0 aromatic carbocycles. The number of ether oxygens (including phenoxy) is 1. The summed E-state index contributed by atoms with van der Waals surface area (Å²) in [5.74, 6) is 0.809. The average Bonchev–Trinajstić information content (AvgIpc) is 3.15. The molecule has 1 saturated heterocycles. The predicted molar refractivity (Wildman–Crippen MR) is 109 cm³/mol. The minimum Gasteiger partial charge on any atom is -0.443 e. The predicted octanol–water partition coefficient (Wildman–Crippen LogP) is 5.31. The topological polar surface area (TPSA) is 45.7 Å².